The molecule has 1 aliphatic rings. The molecule has 0 radical (unpaired) electrons. The quantitative estimate of drug-likeness (QED) is 0.838. The molecule has 2 atom stereocenters. The molecule has 19 heavy (non-hydrogen) atoms. The van der Waals surface area contributed by atoms with Crippen LogP contribution in [0.15, 0.2) is 22.7 Å². The summed E-state index contributed by atoms with van der Waals surface area (Å²) in [6.07, 6.45) is 0.0850. The summed E-state index contributed by atoms with van der Waals surface area (Å²) in [4.78, 5) is 14.4. The number of carbonyl (C=O) groups is 1. The Morgan fingerprint density at radius 1 is 1.47 bits per heavy atom. The summed E-state index contributed by atoms with van der Waals surface area (Å²) in [5, 5.41) is 0. The molecule has 0 unspecified atom stereocenters. The molecule has 1 amide bonds. The number of nitrogens with zero attached hydrogens (tertiary/aromatic N) is 1. The van der Waals surface area contributed by atoms with Gasteiger partial charge >= 0.3 is 0 Å². The molecule has 1 aliphatic heterocycles. The minimum absolute atomic E-state index is 0.0333. The number of amides is 1. The van der Waals surface area contributed by atoms with E-state index in [-0.39, 0.29) is 18.1 Å². The van der Waals surface area contributed by atoms with Gasteiger partial charge in [0.25, 0.3) is 5.91 Å². The molecule has 0 N–H and O–H groups in total. The molecule has 0 aliphatic carbocycles. The minimum atomic E-state index is 0.0333. The van der Waals surface area contributed by atoms with Crippen LogP contribution in [0, 0.1) is 0 Å². The standard InChI is InChI=1S/C14H18BrNO3/c1-9-8-19-10(2)7-16(9)14(17)11-4-5-13(18-3)12(15)6-11/h4-6,9-10H,7-8H2,1-3H3/t9-,10+/m0/s1. The van der Waals surface area contributed by atoms with Crippen molar-refractivity contribution in [1.82, 2.24) is 4.90 Å². The predicted molar refractivity (Wildman–Crippen MR) is 76.6 cm³/mol. The van der Waals surface area contributed by atoms with Crippen LogP contribution in [0.4, 0.5) is 0 Å². The van der Waals surface area contributed by atoms with Crippen LogP contribution in [0.1, 0.15) is 24.2 Å². The van der Waals surface area contributed by atoms with Crippen molar-refractivity contribution in [2.24, 2.45) is 0 Å². The molecule has 4 nitrogen and oxygen atoms in total. The number of carbonyl (C=O) groups excluding carboxylic acids is 1. The maximum atomic E-state index is 12.5. The van der Waals surface area contributed by atoms with Gasteiger partial charge in [0.15, 0.2) is 0 Å². The predicted octanol–water partition coefficient (Wildman–Crippen LogP) is 2.71. The molecule has 0 bridgehead atoms. The highest BCUT2D eigenvalue weighted by atomic mass is 79.9. The van der Waals surface area contributed by atoms with E-state index in [1.165, 1.54) is 0 Å². The van der Waals surface area contributed by atoms with Crippen molar-refractivity contribution in [1.29, 1.82) is 0 Å². The monoisotopic (exact) mass is 327 g/mol. The minimum Gasteiger partial charge on any atom is -0.496 e. The lowest BCUT2D eigenvalue weighted by atomic mass is 10.1. The van der Waals surface area contributed by atoms with Gasteiger partial charge in [-0.15, -0.1) is 0 Å². The second kappa shape index (κ2) is 5.92. The molecule has 1 aromatic rings. The van der Waals surface area contributed by atoms with E-state index >= 15 is 0 Å². The second-order valence-electron chi connectivity index (χ2n) is 4.80. The Morgan fingerprint density at radius 3 is 2.84 bits per heavy atom. The van der Waals surface area contributed by atoms with Gasteiger partial charge in [0.05, 0.1) is 30.3 Å². The van der Waals surface area contributed by atoms with Crippen LogP contribution in [0.25, 0.3) is 0 Å². The number of morpholine rings is 1. The molecule has 1 heterocycles. The summed E-state index contributed by atoms with van der Waals surface area (Å²) >= 11 is 3.41. The van der Waals surface area contributed by atoms with Crippen LogP contribution >= 0.6 is 15.9 Å². The number of rotatable bonds is 2. The summed E-state index contributed by atoms with van der Waals surface area (Å²) in [5.41, 5.74) is 0.661. The van der Waals surface area contributed by atoms with E-state index in [0.29, 0.717) is 18.7 Å². The van der Waals surface area contributed by atoms with Gasteiger partial charge in [-0.25, -0.2) is 0 Å². The summed E-state index contributed by atoms with van der Waals surface area (Å²) in [6.45, 7) is 5.20. The van der Waals surface area contributed by atoms with Crippen molar-refractivity contribution in [2.45, 2.75) is 26.0 Å². The van der Waals surface area contributed by atoms with Gasteiger partial charge in [-0.1, -0.05) is 0 Å². The highest BCUT2D eigenvalue weighted by molar-refractivity contribution is 9.10. The Hall–Kier alpha value is -1.07. The van der Waals surface area contributed by atoms with E-state index in [0.717, 1.165) is 10.2 Å². The van der Waals surface area contributed by atoms with Crippen molar-refractivity contribution < 1.29 is 14.3 Å². The first-order valence-corrected chi connectivity index (χ1v) is 7.08. The zero-order chi connectivity index (χ0) is 14.0. The third-order valence-corrected chi connectivity index (χ3v) is 3.89. The number of benzene rings is 1. The fourth-order valence-electron chi connectivity index (χ4n) is 2.15. The zero-order valence-corrected chi connectivity index (χ0v) is 12.9. The van der Waals surface area contributed by atoms with Gasteiger partial charge in [-0.05, 0) is 48.0 Å². The number of hydrogen-bond donors (Lipinski definition) is 0. The van der Waals surface area contributed by atoms with E-state index in [9.17, 15) is 4.79 Å². The largest absolute Gasteiger partial charge is 0.496 e. The summed E-state index contributed by atoms with van der Waals surface area (Å²) in [6, 6.07) is 5.49. The van der Waals surface area contributed by atoms with Crippen LogP contribution in [0.3, 0.4) is 0 Å². The Kier molecular flexibility index (Phi) is 4.47. The first-order chi connectivity index (χ1) is 9.02. The van der Waals surface area contributed by atoms with Crippen LogP contribution in [0.5, 0.6) is 5.75 Å². The van der Waals surface area contributed by atoms with E-state index in [2.05, 4.69) is 15.9 Å². The van der Waals surface area contributed by atoms with E-state index < -0.39 is 0 Å². The van der Waals surface area contributed by atoms with E-state index in [4.69, 9.17) is 9.47 Å². The number of halogens is 1. The molecular weight excluding hydrogens is 310 g/mol. The highest BCUT2D eigenvalue weighted by Crippen LogP contribution is 2.26. The zero-order valence-electron chi connectivity index (χ0n) is 11.4. The normalized spacial score (nSPS) is 23.3. The number of hydrogen-bond acceptors (Lipinski definition) is 3. The first-order valence-electron chi connectivity index (χ1n) is 6.29. The van der Waals surface area contributed by atoms with Crippen LogP contribution in [-0.2, 0) is 4.74 Å². The van der Waals surface area contributed by atoms with Crippen molar-refractivity contribution >= 4 is 21.8 Å². The van der Waals surface area contributed by atoms with Gasteiger partial charge in [-0.3, -0.25) is 4.79 Å². The van der Waals surface area contributed by atoms with Crippen LogP contribution in [0.2, 0.25) is 0 Å². The molecule has 1 fully saturated rings. The molecule has 0 aromatic heterocycles. The van der Waals surface area contributed by atoms with Gasteiger partial charge in [0.2, 0.25) is 0 Å². The van der Waals surface area contributed by atoms with Crippen LogP contribution in [-0.4, -0.2) is 43.2 Å². The van der Waals surface area contributed by atoms with Crippen molar-refractivity contribution in [3.63, 3.8) is 0 Å². The van der Waals surface area contributed by atoms with Gasteiger partial charge in [-0.2, -0.15) is 0 Å². The Morgan fingerprint density at radius 2 is 2.21 bits per heavy atom. The molecule has 0 saturated carbocycles. The van der Waals surface area contributed by atoms with Gasteiger partial charge in [0, 0.05) is 12.1 Å². The second-order valence-corrected chi connectivity index (χ2v) is 5.65. The van der Waals surface area contributed by atoms with E-state index in [1.54, 1.807) is 25.3 Å². The molecule has 5 heteroatoms. The lowest BCUT2D eigenvalue weighted by molar-refractivity contribution is -0.0387. The number of methoxy groups -OCH3 is 1. The first kappa shape index (κ1) is 14.3. The van der Waals surface area contributed by atoms with Gasteiger partial charge < -0.3 is 14.4 Å². The molecule has 104 valence electrons. The molecule has 0 spiro atoms. The molecule has 2 rings (SSSR count). The van der Waals surface area contributed by atoms with Crippen LogP contribution < -0.4 is 4.74 Å². The third kappa shape index (κ3) is 3.09. The van der Waals surface area contributed by atoms with Crippen molar-refractivity contribution in [3.05, 3.63) is 28.2 Å². The average Bonchev–Trinajstić information content (AvgIpc) is 2.40. The Balaban J connectivity index is 2.21. The van der Waals surface area contributed by atoms with Crippen molar-refractivity contribution in [3.8, 4) is 5.75 Å². The van der Waals surface area contributed by atoms with Gasteiger partial charge in [0.1, 0.15) is 5.75 Å². The Labute approximate surface area is 121 Å². The molecule has 1 saturated heterocycles. The lowest BCUT2D eigenvalue weighted by Gasteiger charge is -2.36. The third-order valence-electron chi connectivity index (χ3n) is 3.27. The fraction of sp³-hybridized carbons (Fsp3) is 0.500. The smallest absolute Gasteiger partial charge is 0.254 e. The fourth-order valence-corrected chi connectivity index (χ4v) is 2.69. The summed E-state index contributed by atoms with van der Waals surface area (Å²) in [5.74, 6) is 0.756. The number of ether oxygens (including phenoxy) is 2. The highest BCUT2D eigenvalue weighted by Gasteiger charge is 2.28. The van der Waals surface area contributed by atoms with E-state index in [1.807, 2.05) is 18.7 Å². The average molecular weight is 328 g/mol. The molecular formula is C14H18BrNO3. The summed E-state index contributed by atoms with van der Waals surface area (Å²) in [7, 11) is 1.60. The lowest BCUT2D eigenvalue weighted by Crippen LogP contribution is -2.50. The molecule has 1 aromatic carbocycles. The summed E-state index contributed by atoms with van der Waals surface area (Å²) < 4.78 is 11.5. The maximum absolute atomic E-state index is 12.5. The topological polar surface area (TPSA) is 38.8 Å². The Bertz CT molecular complexity index is 478. The maximum Gasteiger partial charge on any atom is 0.254 e. The van der Waals surface area contributed by atoms with Crippen molar-refractivity contribution in [2.75, 3.05) is 20.3 Å². The SMILES string of the molecule is COc1ccc(C(=O)N2C[C@@H](C)OC[C@@H]2C)cc1Br.